The summed E-state index contributed by atoms with van der Waals surface area (Å²) in [5.41, 5.74) is 4.12. The van der Waals surface area contributed by atoms with E-state index >= 15 is 0 Å². The van der Waals surface area contributed by atoms with Crippen LogP contribution in [0.2, 0.25) is 5.02 Å². The smallest absolute Gasteiger partial charge is 0.263 e. The number of ether oxygens (including phenoxy) is 1. The van der Waals surface area contributed by atoms with Crippen LogP contribution in [0.25, 0.3) is 15.3 Å². The Hall–Kier alpha value is -2.90. The third-order valence-corrected chi connectivity index (χ3v) is 5.70. The van der Waals surface area contributed by atoms with Crippen molar-refractivity contribution in [2.45, 2.75) is 20.8 Å². The molecule has 29 heavy (non-hydrogen) atoms. The van der Waals surface area contributed by atoms with Crippen molar-refractivity contribution in [3.05, 3.63) is 64.3 Å². The number of aromatic nitrogens is 3. The molecule has 1 amide bonds. The summed E-state index contributed by atoms with van der Waals surface area (Å²) in [4.78, 5) is 17.1. The largest absolute Gasteiger partial charge is 0.484 e. The summed E-state index contributed by atoms with van der Waals surface area (Å²) in [6, 6.07) is 12.9. The van der Waals surface area contributed by atoms with Gasteiger partial charge in [0.25, 0.3) is 5.91 Å². The lowest BCUT2D eigenvalue weighted by Gasteiger charge is -2.08. The SMILES string of the molecule is Cc1cc(NC(=O)COc2ccc(Cl)cc2)n(-c2nc3cc(C)c(C)cc3s2)n1. The molecule has 0 aliphatic heterocycles. The van der Waals surface area contributed by atoms with Crippen molar-refractivity contribution in [3.63, 3.8) is 0 Å². The molecule has 0 aliphatic rings. The topological polar surface area (TPSA) is 69.0 Å². The number of rotatable bonds is 5. The number of fused-ring (bicyclic) bond motifs is 1. The molecule has 8 heteroatoms. The maximum Gasteiger partial charge on any atom is 0.263 e. The second kappa shape index (κ2) is 7.85. The first kappa shape index (κ1) is 19.4. The molecule has 0 bridgehead atoms. The summed E-state index contributed by atoms with van der Waals surface area (Å²) in [5, 5.41) is 8.67. The average Bonchev–Trinajstić information content (AvgIpc) is 3.24. The summed E-state index contributed by atoms with van der Waals surface area (Å²) >= 11 is 7.39. The molecule has 0 spiro atoms. The van der Waals surface area contributed by atoms with Crippen LogP contribution in [0.15, 0.2) is 42.5 Å². The Bertz CT molecular complexity index is 1160. The Labute approximate surface area is 177 Å². The minimum atomic E-state index is -0.283. The van der Waals surface area contributed by atoms with Crippen LogP contribution in [0.4, 0.5) is 5.82 Å². The summed E-state index contributed by atoms with van der Waals surface area (Å²) in [6.07, 6.45) is 0. The van der Waals surface area contributed by atoms with Crippen molar-refractivity contribution in [1.29, 1.82) is 0 Å². The monoisotopic (exact) mass is 426 g/mol. The van der Waals surface area contributed by atoms with Crippen LogP contribution in [0, 0.1) is 20.8 Å². The van der Waals surface area contributed by atoms with Gasteiger partial charge in [0.15, 0.2) is 6.61 Å². The van der Waals surface area contributed by atoms with Crippen LogP contribution >= 0.6 is 22.9 Å². The van der Waals surface area contributed by atoms with Gasteiger partial charge in [0, 0.05) is 11.1 Å². The van der Waals surface area contributed by atoms with Gasteiger partial charge in [0.2, 0.25) is 5.13 Å². The molecule has 0 aliphatic carbocycles. The van der Waals surface area contributed by atoms with Gasteiger partial charge in [0.1, 0.15) is 11.6 Å². The van der Waals surface area contributed by atoms with E-state index < -0.39 is 0 Å². The molecule has 0 saturated carbocycles. The van der Waals surface area contributed by atoms with E-state index in [0.717, 1.165) is 15.9 Å². The van der Waals surface area contributed by atoms with E-state index in [1.165, 1.54) is 22.5 Å². The van der Waals surface area contributed by atoms with Crippen LogP contribution < -0.4 is 10.1 Å². The van der Waals surface area contributed by atoms with Gasteiger partial charge in [-0.3, -0.25) is 4.79 Å². The Morgan fingerprint density at radius 2 is 1.86 bits per heavy atom. The number of hydrogen-bond donors (Lipinski definition) is 1. The van der Waals surface area contributed by atoms with E-state index in [1.54, 1.807) is 28.9 Å². The molecular formula is C21H19ClN4O2S. The number of thiazole rings is 1. The standard InChI is InChI=1S/C21H19ClN4O2S/c1-12-8-17-18(9-13(12)2)29-21(23-17)26-19(10-14(3)25-26)24-20(27)11-28-16-6-4-15(22)5-7-16/h4-10H,11H2,1-3H3,(H,24,27). The number of carbonyl (C=O) groups excluding carboxylic acids is 1. The van der Waals surface area contributed by atoms with Crippen molar-refractivity contribution < 1.29 is 9.53 Å². The fourth-order valence-corrected chi connectivity index (χ4v) is 3.99. The Balaban J connectivity index is 1.53. The molecule has 0 unspecified atom stereocenters. The number of aryl methyl sites for hydroxylation is 3. The highest BCUT2D eigenvalue weighted by molar-refractivity contribution is 7.20. The van der Waals surface area contributed by atoms with Gasteiger partial charge < -0.3 is 10.1 Å². The lowest BCUT2D eigenvalue weighted by Crippen LogP contribution is -2.21. The molecule has 148 valence electrons. The molecule has 4 rings (SSSR count). The third kappa shape index (κ3) is 4.26. The number of carbonyl (C=O) groups is 1. The minimum Gasteiger partial charge on any atom is -0.484 e. The molecule has 0 saturated heterocycles. The summed E-state index contributed by atoms with van der Waals surface area (Å²) in [7, 11) is 0. The first-order chi connectivity index (χ1) is 13.9. The first-order valence-electron chi connectivity index (χ1n) is 9.02. The van der Waals surface area contributed by atoms with Crippen LogP contribution in [-0.2, 0) is 4.79 Å². The Morgan fingerprint density at radius 1 is 1.14 bits per heavy atom. The van der Waals surface area contributed by atoms with Gasteiger partial charge >= 0.3 is 0 Å². The third-order valence-electron chi connectivity index (χ3n) is 4.46. The van der Waals surface area contributed by atoms with Gasteiger partial charge in [-0.05, 0) is 68.3 Å². The summed E-state index contributed by atoms with van der Waals surface area (Å²) in [5.74, 6) is 0.847. The van der Waals surface area contributed by atoms with Gasteiger partial charge in [-0.25, -0.2) is 4.98 Å². The number of anilines is 1. The molecule has 1 N–H and O–H groups in total. The van der Waals surface area contributed by atoms with Gasteiger partial charge in [-0.1, -0.05) is 22.9 Å². The molecule has 0 fully saturated rings. The van der Waals surface area contributed by atoms with E-state index in [2.05, 4.69) is 36.4 Å². The zero-order chi connectivity index (χ0) is 20.5. The van der Waals surface area contributed by atoms with Crippen molar-refractivity contribution >= 4 is 44.9 Å². The zero-order valence-electron chi connectivity index (χ0n) is 16.2. The first-order valence-corrected chi connectivity index (χ1v) is 10.2. The van der Waals surface area contributed by atoms with E-state index in [4.69, 9.17) is 21.3 Å². The van der Waals surface area contributed by atoms with Crippen molar-refractivity contribution in [2.24, 2.45) is 0 Å². The highest BCUT2D eigenvalue weighted by Crippen LogP contribution is 2.29. The fourth-order valence-electron chi connectivity index (χ4n) is 2.85. The van der Waals surface area contributed by atoms with Crippen LogP contribution in [0.3, 0.4) is 0 Å². The number of amides is 1. The van der Waals surface area contributed by atoms with Crippen LogP contribution in [-0.4, -0.2) is 27.3 Å². The second-order valence-electron chi connectivity index (χ2n) is 6.77. The van der Waals surface area contributed by atoms with Gasteiger partial charge in [-0.15, -0.1) is 0 Å². The molecule has 2 heterocycles. The quantitative estimate of drug-likeness (QED) is 0.483. The lowest BCUT2D eigenvalue weighted by molar-refractivity contribution is -0.118. The molecular weight excluding hydrogens is 408 g/mol. The van der Waals surface area contributed by atoms with Gasteiger partial charge in [-0.2, -0.15) is 9.78 Å². The summed E-state index contributed by atoms with van der Waals surface area (Å²) < 4.78 is 8.25. The Morgan fingerprint density at radius 3 is 2.62 bits per heavy atom. The minimum absolute atomic E-state index is 0.121. The van der Waals surface area contributed by atoms with Crippen molar-refractivity contribution in [2.75, 3.05) is 11.9 Å². The molecule has 2 aromatic heterocycles. The number of hydrogen-bond acceptors (Lipinski definition) is 5. The maximum atomic E-state index is 12.4. The molecule has 0 radical (unpaired) electrons. The van der Waals surface area contributed by atoms with Crippen LogP contribution in [0.1, 0.15) is 16.8 Å². The molecule has 0 atom stereocenters. The summed E-state index contributed by atoms with van der Waals surface area (Å²) in [6.45, 7) is 5.90. The lowest BCUT2D eigenvalue weighted by atomic mass is 10.1. The number of halogens is 1. The highest BCUT2D eigenvalue weighted by atomic mass is 35.5. The van der Waals surface area contributed by atoms with E-state index in [0.29, 0.717) is 21.7 Å². The zero-order valence-corrected chi connectivity index (χ0v) is 17.8. The van der Waals surface area contributed by atoms with E-state index in [-0.39, 0.29) is 12.5 Å². The average molecular weight is 427 g/mol. The maximum absolute atomic E-state index is 12.4. The number of nitrogens with zero attached hydrogens (tertiary/aromatic N) is 3. The van der Waals surface area contributed by atoms with Crippen molar-refractivity contribution in [1.82, 2.24) is 14.8 Å². The van der Waals surface area contributed by atoms with Crippen LogP contribution in [0.5, 0.6) is 5.75 Å². The number of benzene rings is 2. The van der Waals surface area contributed by atoms with Crippen molar-refractivity contribution in [3.8, 4) is 10.9 Å². The highest BCUT2D eigenvalue weighted by Gasteiger charge is 2.15. The van der Waals surface area contributed by atoms with E-state index in [1.807, 2.05) is 13.0 Å². The number of nitrogens with one attached hydrogen (secondary N) is 1. The Kier molecular flexibility index (Phi) is 5.25. The normalized spacial score (nSPS) is 11.0. The predicted octanol–water partition coefficient (Wildman–Crippen LogP) is 5.08. The van der Waals surface area contributed by atoms with E-state index in [9.17, 15) is 4.79 Å². The molecule has 4 aromatic rings. The second-order valence-corrected chi connectivity index (χ2v) is 8.22. The molecule has 6 nitrogen and oxygen atoms in total. The predicted molar refractivity (Wildman–Crippen MR) is 117 cm³/mol. The fraction of sp³-hybridized carbons (Fsp3) is 0.190. The van der Waals surface area contributed by atoms with Gasteiger partial charge in [0.05, 0.1) is 15.9 Å². The molecule has 2 aromatic carbocycles.